The molecular weight excluding hydrogens is 234 g/mol. The Balaban J connectivity index is 2.20. The molecule has 1 N–H and O–H groups in total. The van der Waals surface area contributed by atoms with Crippen molar-refractivity contribution in [3.05, 3.63) is 48.3 Å². The van der Waals surface area contributed by atoms with Crippen molar-refractivity contribution in [2.75, 3.05) is 7.05 Å². The number of rotatable bonds is 4. The number of nitrogens with one attached hydrogen (secondary N) is 1. The smallest absolute Gasteiger partial charge is 0.0645 e. The van der Waals surface area contributed by atoms with Crippen LogP contribution in [0.3, 0.4) is 0 Å². The molecule has 3 nitrogen and oxygen atoms in total. The Morgan fingerprint density at radius 2 is 1.89 bits per heavy atom. The van der Waals surface area contributed by atoms with Gasteiger partial charge in [-0.15, -0.1) is 0 Å². The van der Waals surface area contributed by atoms with Crippen LogP contribution in [0.2, 0.25) is 0 Å². The summed E-state index contributed by atoms with van der Waals surface area (Å²) in [6.45, 7) is 6.79. The van der Waals surface area contributed by atoms with E-state index in [0.29, 0.717) is 11.5 Å². The van der Waals surface area contributed by atoms with E-state index in [1.165, 1.54) is 5.56 Å². The maximum Gasteiger partial charge on any atom is 0.0645 e. The first-order valence-electron chi connectivity index (χ1n) is 6.77. The summed E-state index contributed by atoms with van der Waals surface area (Å²) in [6.07, 6.45) is 5.16. The third-order valence-electron chi connectivity index (χ3n) is 3.19. The second-order valence-electron chi connectivity index (χ2n) is 6.16. The van der Waals surface area contributed by atoms with Crippen LogP contribution in [0.25, 0.3) is 5.69 Å². The zero-order chi connectivity index (χ0) is 13.9. The Morgan fingerprint density at radius 1 is 1.21 bits per heavy atom. The summed E-state index contributed by atoms with van der Waals surface area (Å²) in [6, 6.07) is 10.5. The molecule has 1 aromatic carbocycles. The van der Waals surface area contributed by atoms with E-state index in [1.54, 1.807) is 0 Å². The fourth-order valence-electron chi connectivity index (χ4n) is 2.24. The van der Waals surface area contributed by atoms with Crippen molar-refractivity contribution < 1.29 is 0 Å². The molecule has 3 heteroatoms. The number of aromatic nitrogens is 2. The Bertz CT molecular complexity index is 508. The second kappa shape index (κ2) is 5.57. The summed E-state index contributed by atoms with van der Waals surface area (Å²) in [5, 5.41) is 7.85. The van der Waals surface area contributed by atoms with Gasteiger partial charge in [-0.3, -0.25) is 0 Å². The largest absolute Gasteiger partial charge is 0.313 e. The first-order valence-corrected chi connectivity index (χ1v) is 6.77. The summed E-state index contributed by atoms with van der Waals surface area (Å²) < 4.78 is 1.93. The third-order valence-corrected chi connectivity index (χ3v) is 3.19. The van der Waals surface area contributed by atoms with Crippen LogP contribution in [0.4, 0.5) is 0 Å². The molecule has 1 atom stereocenters. The van der Waals surface area contributed by atoms with Crippen LogP contribution in [0.1, 0.15) is 38.8 Å². The van der Waals surface area contributed by atoms with Gasteiger partial charge in [-0.1, -0.05) is 39.0 Å². The van der Waals surface area contributed by atoms with Crippen LogP contribution >= 0.6 is 0 Å². The van der Waals surface area contributed by atoms with Gasteiger partial charge in [0.2, 0.25) is 0 Å². The van der Waals surface area contributed by atoms with E-state index in [4.69, 9.17) is 0 Å². The van der Waals surface area contributed by atoms with E-state index in [-0.39, 0.29) is 0 Å². The third kappa shape index (κ3) is 3.67. The van der Waals surface area contributed by atoms with Gasteiger partial charge < -0.3 is 5.32 Å². The molecule has 2 aromatic rings. The molecule has 2 rings (SSSR count). The molecule has 0 bridgehead atoms. The van der Waals surface area contributed by atoms with Gasteiger partial charge in [0.15, 0.2) is 0 Å². The molecule has 0 saturated carbocycles. The molecule has 0 saturated heterocycles. The standard InChI is InChI=1S/C16H23N3/c1-16(2,3)10-15(17-4)13-11-18-19(12-13)14-8-6-5-7-9-14/h5-9,11-12,15,17H,10H2,1-4H3. The second-order valence-corrected chi connectivity index (χ2v) is 6.16. The maximum atomic E-state index is 4.46. The minimum Gasteiger partial charge on any atom is -0.313 e. The quantitative estimate of drug-likeness (QED) is 0.907. The summed E-state index contributed by atoms with van der Waals surface area (Å²) in [5.74, 6) is 0. The fraction of sp³-hybridized carbons (Fsp3) is 0.438. The van der Waals surface area contributed by atoms with Crippen molar-refractivity contribution >= 4 is 0 Å². The molecule has 102 valence electrons. The zero-order valence-corrected chi connectivity index (χ0v) is 12.2. The van der Waals surface area contributed by atoms with E-state index in [9.17, 15) is 0 Å². The van der Waals surface area contributed by atoms with Crippen LogP contribution in [0.15, 0.2) is 42.7 Å². The van der Waals surface area contributed by atoms with Crippen LogP contribution in [-0.4, -0.2) is 16.8 Å². The molecule has 0 radical (unpaired) electrons. The molecule has 19 heavy (non-hydrogen) atoms. The monoisotopic (exact) mass is 257 g/mol. The van der Waals surface area contributed by atoms with Gasteiger partial charge in [0, 0.05) is 17.8 Å². The SMILES string of the molecule is CNC(CC(C)(C)C)c1cnn(-c2ccccc2)c1. The van der Waals surface area contributed by atoms with Crippen LogP contribution < -0.4 is 5.32 Å². The van der Waals surface area contributed by atoms with Crippen LogP contribution in [0.5, 0.6) is 0 Å². The van der Waals surface area contributed by atoms with Gasteiger partial charge in [0.25, 0.3) is 0 Å². The number of benzene rings is 1. The van der Waals surface area contributed by atoms with Gasteiger partial charge >= 0.3 is 0 Å². The predicted molar refractivity (Wildman–Crippen MR) is 79.4 cm³/mol. The van der Waals surface area contributed by atoms with Gasteiger partial charge in [-0.05, 0) is 31.0 Å². The van der Waals surface area contributed by atoms with E-state index >= 15 is 0 Å². The highest BCUT2D eigenvalue weighted by Gasteiger charge is 2.20. The van der Waals surface area contributed by atoms with Crippen LogP contribution in [-0.2, 0) is 0 Å². The highest BCUT2D eigenvalue weighted by molar-refractivity contribution is 5.31. The average molecular weight is 257 g/mol. The number of hydrogen-bond donors (Lipinski definition) is 1. The predicted octanol–water partition coefficient (Wildman–Crippen LogP) is 3.57. The lowest BCUT2D eigenvalue weighted by Crippen LogP contribution is -2.22. The summed E-state index contributed by atoms with van der Waals surface area (Å²) in [5.41, 5.74) is 2.63. The van der Waals surface area contributed by atoms with E-state index < -0.39 is 0 Å². The van der Waals surface area contributed by atoms with Crippen molar-refractivity contribution in [2.24, 2.45) is 5.41 Å². The summed E-state index contributed by atoms with van der Waals surface area (Å²) in [4.78, 5) is 0. The van der Waals surface area contributed by atoms with Crippen molar-refractivity contribution in [1.29, 1.82) is 0 Å². The summed E-state index contributed by atoms with van der Waals surface area (Å²) >= 11 is 0. The molecule has 0 fully saturated rings. The lowest BCUT2D eigenvalue weighted by atomic mass is 9.86. The number of para-hydroxylation sites is 1. The average Bonchev–Trinajstić information content (AvgIpc) is 2.85. The fourth-order valence-corrected chi connectivity index (χ4v) is 2.24. The van der Waals surface area contributed by atoms with E-state index in [1.807, 2.05) is 36.1 Å². The van der Waals surface area contributed by atoms with Crippen molar-refractivity contribution in [1.82, 2.24) is 15.1 Å². The Labute approximate surface area is 115 Å². The minimum atomic E-state index is 0.294. The Morgan fingerprint density at radius 3 is 2.47 bits per heavy atom. The van der Waals surface area contributed by atoms with Gasteiger partial charge in [-0.25, -0.2) is 4.68 Å². The first-order chi connectivity index (χ1) is 8.99. The van der Waals surface area contributed by atoms with Crippen molar-refractivity contribution in [3.8, 4) is 5.69 Å². The van der Waals surface area contributed by atoms with Crippen molar-refractivity contribution in [2.45, 2.75) is 33.2 Å². The Kier molecular flexibility index (Phi) is 4.05. The molecule has 0 amide bonds. The lowest BCUT2D eigenvalue weighted by Gasteiger charge is -2.24. The topological polar surface area (TPSA) is 29.9 Å². The van der Waals surface area contributed by atoms with E-state index in [0.717, 1.165) is 12.1 Å². The van der Waals surface area contributed by atoms with E-state index in [2.05, 4.69) is 49.5 Å². The molecule has 0 spiro atoms. The Hall–Kier alpha value is -1.61. The number of nitrogens with zero attached hydrogens (tertiary/aromatic N) is 2. The molecule has 0 aliphatic rings. The highest BCUT2D eigenvalue weighted by atomic mass is 15.3. The normalized spacial score (nSPS) is 13.5. The first kappa shape index (κ1) is 13.8. The van der Waals surface area contributed by atoms with Gasteiger partial charge in [0.1, 0.15) is 0 Å². The highest BCUT2D eigenvalue weighted by Crippen LogP contribution is 2.29. The molecular formula is C16H23N3. The molecule has 0 aliphatic carbocycles. The maximum absolute atomic E-state index is 4.46. The van der Waals surface area contributed by atoms with Gasteiger partial charge in [-0.2, -0.15) is 5.10 Å². The molecule has 1 unspecified atom stereocenters. The van der Waals surface area contributed by atoms with Crippen molar-refractivity contribution in [3.63, 3.8) is 0 Å². The molecule has 0 aliphatic heterocycles. The molecule has 1 aromatic heterocycles. The number of hydrogen-bond acceptors (Lipinski definition) is 2. The summed E-state index contributed by atoms with van der Waals surface area (Å²) in [7, 11) is 2.01. The lowest BCUT2D eigenvalue weighted by molar-refractivity contribution is 0.321. The minimum absolute atomic E-state index is 0.294. The molecule has 1 heterocycles. The zero-order valence-electron chi connectivity index (χ0n) is 12.2. The van der Waals surface area contributed by atoms with Gasteiger partial charge in [0.05, 0.1) is 11.9 Å². The van der Waals surface area contributed by atoms with Crippen LogP contribution in [0, 0.1) is 5.41 Å².